The molecule has 96 valence electrons. The van der Waals surface area contributed by atoms with Crippen molar-refractivity contribution in [2.75, 3.05) is 5.32 Å². The molecular formula is C14H11BrClN3. The lowest BCUT2D eigenvalue weighted by Gasteiger charge is -2.08. The molecule has 0 bridgehead atoms. The lowest BCUT2D eigenvalue weighted by Crippen LogP contribution is -1.99. The number of hydrogen-bond acceptors (Lipinski definition) is 2. The Kier molecular flexibility index (Phi) is 3.44. The van der Waals surface area contributed by atoms with Gasteiger partial charge in [0.25, 0.3) is 0 Å². The summed E-state index contributed by atoms with van der Waals surface area (Å²) in [4.78, 5) is 7.44. The molecule has 1 aromatic carbocycles. The summed E-state index contributed by atoms with van der Waals surface area (Å²) in [7, 11) is 0. The number of hydrogen-bond donors (Lipinski definition) is 2. The molecule has 3 nitrogen and oxygen atoms in total. The van der Waals surface area contributed by atoms with Crippen molar-refractivity contribution in [3.05, 3.63) is 57.8 Å². The molecule has 3 rings (SSSR count). The first-order chi connectivity index (χ1) is 9.25. The van der Waals surface area contributed by atoms with Crippen molar-refractivity contribution in [3.63, 3.8) is 0 Å². The van der Waals surface area contributed by atoms with Gasteiger partial charge in [-0.15, -0.1) is 0 Å². The first-order valence-corrected chi connectivity index (χ1v) is 7.01. The summed E-state index contributed by atoms with van der Waals surface area (Å²) in [6.45, 7) is 0.713. The van der Waals surface area contributed by atoms with Crippen molar-refractivity contribution in [3.8, 4) is 0 Å². The van der Waals surface area contributed by atoms with Gasteiger partial charge in [0, 0.05) is 24.3 Å². The highest BCUT2D eigenvalue weighted by atomic mass is 79.9. The Hall–Kier alpha value is -1.52. The van der Waals surface area contributed by atoms with Crippen LogP contribution in [0.5, 0.6) is 0 Å². The predicted molar refractivity (Wildman–Crippen MR) is 82.6 cm³/mol. The normalized spacial score (nSPS) is 10.8. The Bertz CT molecular complexity index is 724. The van der Waals surface area contributed by atoms with E-state index in [1.807, 2.05) is 30.5 Å². The number of aromatic nitrogens is 2. The third-order valence-electron chi connectivity index (χ3n) is 2.96. The molecular weight excluding hydrogens is 326 g/mol. The minimum absolute atomic E-state index is 0.700. The number of nitrogens with zero attached hydrogens (tertiary/aromatic N) is 1. The van der Waals surface area contributed by atoms with Gasteiger partial charge in [0.1, 0.15) is 5.65 Å². The first kappa shape index (κ1) is 12.5. The number of fused-ring (bicyclic) bond motifs is 1. The summed E-state index contributed by atoms with van der Waals surface area (Å²) in [5.41, 5.74) is 3.06. The van der Waals surface area contributed by atoms with Gasteiger partial charge in [-0.25, -0.2) is 4.98 Å². The summed E-state index contributed by atoms with van der Waals surface area (Å²) in [5, 5.41) is 5.20. The van der Waals surface area contributed by atoms with Crippen LogP contribution < -0.4 is 5.32 Å². The zero-order valence-electron chi connectivity index (χ0n) is 9.95. The smallest absolute Gasteiger partial charge is 0.137 e. The van der Waals surface area contributed by atoms with E-state index in [1.165, 1.54) is 5.56 Å². The quantitative estimate of drug-likeness (QED) is 0.734. The maximum atomic E-state index is 6.07. The number of halogens is 2. The van der Waals surface area contributed by atoms with Crippen LogP contribution >= 0.6 is 27.5 Å². The van der Waals surface area contributed by atoms with Crippen molar-refractivity contribution in [1.29, 1.82) is 0 Å². The highest BCUT2D eigenvalue weighted by molar-refractivity contribution is 9.10. The number of benzene rings is 1. The monoisotopic (exact) mass is 335 g/mol. The van der Waals surface area contributed by atoms with Crippen LogP contribution in [0.4, 0.5) is 5.69 Å². The van der Waals surface area contributed by atoms with Gasteiger partial charge >= 0.3 is 0 Å². The molecule has 0 aliphatic rings. The van der Waals surface area contributed by atoms with Crippen LogP contribution in [0.25, 0.3) is 11.0 Å². The van der Waals surface area contributed by atoms with Gasteiger partial charge in [0.15, 0.2) is 0 Å². The Morgan fingerprint density at radius 2 is 2.16 bits per heavy atom. The molecule has 2 heterocycles. The fraction of sp³-hybridized carbons (Fsp3) is 0.0714. The van der Waals surface area contributed by atoms with Gasteiger partial charge in [0.05, 0.1) is 15.2 Å². The fourth-order valence-electron chi connectivity index (χ4n) is 1.99. The highest BCUT2D eigenvalue weighted by Gasteiger charge is 2.06. The van der Waals surface area contributed by atoms with Crippen LogP contribution in [-0.4, -0.2) is 9.97 Å². The van der Waals surface area contributed by atoms with Crippen LogP contribution in [0.1, 0.15) is 5.56 Å². The van der Waals surface area contributed by atoms with Crippen LogP contribution in [0.15, 0.2) is 47.2 Å². The van der Waals surface area contributed by atoms with Crippen LogP contribution in [0, 0.1) is 0 Å². The van der Waals surface area contributed by atoms with Crippen LogP contribution in [0.3, 0.4) is 0 Å². The summed E-state index contributed by atoms with van der Waals surface area (Å²) < 4.78 is 0.884. The van der Waals surface area contributed by atoms with E-state index >= 15 is 0 Å². The zero-order valence-corrected chi connectivity index (χ0v) is 12.3. The van der Waals surface area contributed by atoms with Crippen LogP contribution in [0.2, 0.25) is 5.02 Å². The molecule has 19 heavy (non-hydrogen) atoms. The number of anilines is 1. The SMILES string of the molecule is Clc1cccc(NCc2c[nH]c3ncccc23)c1Br. The standard InChI is InChI=1S/C14H11BrClN3/c15-13-11(16)4-1-5-12(13)18-7-9-8-19-14-10(9)3-2-6-17-14/h1-6,8,18H,7H2,(H,17,19). The van der Waals surface area contributed by atoms with E-state index < -0.39 is 0 Å². The molecule has 0 atom stereocenters. The fourth-order valence-corrected chi connectivity index (χ4v) is 2.57. The molecule has 5 heteroatoms. The van der Waals surface area contributed by atoms with Crippen LogP contribution in [-0.2, 0) is 6.54 Å². The molecule has 0 radical (unpaired) electrons. The number of rotatable bonds is 3. The van der Waals surface area contributed by atoms with Crippen molar-refractivity contribution < 1.29 is 0 Å². The molecule has 3 aromatic rings. The zero-order chi connectivity index (χ0) is 13.2. The molecule has 0 aliphatic heterocycles. The average molecular weight is 337 g/mol. The molecule has 0 saturated carbocycles. The molecule has 0 saturated heterocycles. The topological polar surface area (TPSA) is 40.7 Å². The maximum absolute atomic E-state index is 6.07. The Morgan fingerprint density at radius 1 is 1.26 bits per heavy atom. The van der Waals surface area contributed by atoms with Crippen molar-refractivity contribution in [2.24, 2.45) is 0 Å². The lowest BCUT2D eigenvalue weighted by molar-refractivity contribution is 1.16. The molecule has 0 unspecified atom stereocenters. The van der Waals surface area contributed by atoms with Gasteiger partial charge in [-0.1, -0.05) is 17.7 Å². The van der Waals surface area contributed by atoms with E-state index in [9.17, 15) is 0 Å². The van der Waals surface area contributed by atoms with Crippen molar-refractivity contribution in [2.45, 2.75) is 6.54 Å². The van der Waals surface area contributed by atoms with E-state index in [2.05, 4.69) is 37.3 Å². The Labute approximate surface area is 124 Å². The van der Waals surface area contributed by atoms with E-state index in [-0.39, 0.29) is 0 Å². The van der Waals surface area contributed by atoms with Gasteiger partial charge in [0.2, 0.25) is 0 Å². The van der Waals surface area contributed by atoms with Gasteiger partial charge in [-0.05, 0) is 45.8 Å². The number of nitrogens with one attached hydrogen (secondary N) is 2. The maximum Gasteiger partial charge on any atom is 0.137 e. The van der Waals surface area contributed by atoms with E-state index in [4.69, 9.17) is 11.6 Å². The number of pyridine rings is 1. The van der Waals surface area contributed by atoms with Gasteiger partial charge in [-0.2, -0.15) is 0 Å². The summed E-state index contributed by atoms with van der Waals surface area (Å²) in [6, 6.07) is 9.76. The van der Waals surface area contributed by atoms with Crippen molar-refractivity contribution in [1.82, 2.24) is 9.97 Å². The van der Waals surface area contributed by atoms with E-state index in [0.717, 1.165) is 21.2 Å². The highest BCUT2D eigenvalue weighted by Crippen LogP contribution is 2.30. The van der Waals surface area contributed by atoms with Gasteiger partial charge < -0.3 is 10.3 Å². The van der Waals surface area contributed by atoms with Crippen molar-refractivity contribution >= 4 is 44.3 Å². The second kappa shape index (κ2) is 5.23. The number of aromatic amines is 1. The molecule has 2 aromatic heterocycles. The van der Waals surface area contributed by atoms with E-state index in [0.29, 0.717) is 11.6 Å². The van der Waals surface area contributed by atoms with E-state index in [1.54, 1.807) is 6.20 Å². The second-order valence-electron chi connectivity index (χ2n) is 4.17. The first-order valence-electron chi connectivity index (χ1n) is 5.84. The third-order valence-corrected chi connectivity index (χ3v) is 4.36. The molecule has 0 fully saturated rings. The Morgan fingerprint density at radius 3 is 3.05 bits per heavy atom. The summed E-state index contributed by atoms with van der Waals surface area (Å²) in [5.74, 6) is 0. The Balaban J connectivity index is 1.84. The largest absolute Gasteiger partial charge is 0.380 e. The minimum Gasteiger partial charge on any atom is -0.380 e. The summed E-state index contributed by atoms with van der Waals surface area (Å²) in [6.07, 6.45) is 3.76. The number of H-pyrrole nitrogens is 1. The molecule has 2 N–H and O–H groups in total. The average Bonchev–Trinajstić information content (AvgIpc) is 2.84. The lowest BCUT2D eigenvalue weighted by atomic mass is 10.2. The second-order valence-corrected chi connectivity index (χ2v) is 5.37. The third kappa shape index (κ3) is 2.46. The molecule has 0 spiro atoms. The summed E-state index contributed by atoms with van der Waals surface area (Å²) >= 11 is 9.55. The van der Waals surface area contributed by atoms with Gasteiger partial charge in [-0.3, -0.25) is 0 Å². The molecule has 0 aliphatic carbocycles. The molecule has 0 amide bonds. The minimum atomic E-state index is 0.700. The predicted octanol–water partition coefficient (Wildman–Crippen LogP) is 4.59.